The van der Waals surface area contributed by atoms with Gasteiger partial charge in [-0.2, -0.15) is 0 Å². The van der Waals surface area contributed by atoms with Crippen LogP contribution in [0.4, 0.5) is 0 Å². The van der Waals surface area contributed by atoms with Crippen LogP contribution in [0.15, 0.2) is 0 Å². The van der Waals surface area contributed by atoms with Gasteiger partial charge in [0, 0.05) is 26.3 Å². The highest BCUT2D eigenvalue weighted by Gasteiger charge is 0.519. The predicted octanol–water partition coefficient (Wildman–Crippen LogP) is -0.892. The van der Waals surface area contributed by atoms with Crippen molar-refractivity contribution in [1.29, 1.82) is 21.0 Å². The third kappa shape index (κ3) is 32.4. The second-order valence-corrected chi connectivity index (χ2v) is 0. The van der Waals surface area contributed by atoms with E-state index in [0.717, 1.165) is 0 Å². The molecule has 0 heterocycles. The molecule has 0 spiro atoms. The maximum atomic E-state index is 6.50. The molecule has 0 aromatic carbocycles. The van der Waals surface area contributed by atoms with Gasteiger partial charge < -0.3 is 0 Å². The van der Waals surface area contributed by atoms with Gasteiger partial charge in [0.15, 0.2) is 0 Å². The Hall–Kier alpha value is -1.82. The Kier molecular flexibility index (Phi) is 320. The second kappa shape index (κ2) is 49.8. The van der Waals surface area contributed by atoms with Crippen LogP contribution in [0.1, 0.15) is 0 Å². The van der Waals surface area contributed by atoms with Crippen molar-refractivity contribution in [3.05, 3.63) is 0 Å². The number of nitrogens with zero attached hydrogens (tertiary/aromatic N) is 4. The molecule has 0 aliphatic carbocycles. The Morgan fingerprint density at radius 3 is 0.444 bits per heavy atom. The smallest absolute Gasteiger partial charge is 0.0462 e. The zero-order chi connectivity index (χ0) is 8.00. The molecule has 0 aromatic heterocycles. The SMILES string of the molecule is C#N.C#N.C#N.C#N.[SiH4]. The first kappa shape index (κ1) is 57.8. The summed E-state index contributed by atoms with van der Waals surface area (Å²) in [5.41, 5.74) is 0. The highest BCUT2D eigenvalue weighted by molar-refractivity contribution is 5.75. The molecule has 0 aliphatic rings. The normalized spacial score (nSPS) is 0.889. The van der Waals surface area contributed by atoms with Gasteiger partial charge in [-0.25, -0.2) is 21.0 Å². The van der Waals surface area contributed by atoms with E-state index in [1.165, 1.54) is 0 Å². The van der Waals surface area contributed by atoms with Crippen molar-refractivity contribution in [3.63, 3.8) is 0 Å². The van der Waals surface area contributed by atoms with Gasteiger partial charge in [0.1, 0.15) is 0 Å². The van der Waals surface area contributed by atoms with Crippen LogP contribution in [0.2, 0.25) is 0 Å². The molecule has 4 nitrogen and oxygen atoms in total. The van der Waals surface area contributed by atoms with Crippen LogP contribution < -0.4 is 0 Å². The Morgan fingerprint density at radius 1 is 0.444 bits per heavy atom. The van der Waals surface area contributed by atoms with Crippen molar-refractivity contribution < 1.29 is 0 Å². The average molecular weight is 140 g/mol. The summed E-state index contributed by atoms with van der Waals surface area (Å²) in [5, 5.41) is 26.0. The van der Waals surface area contributed by atoms with E-state index >= 15 is 0 Å². The molecule has 0 amide bonds. The summed E-state index contributed by atoms with van der Waals surface area (Å²) in [6, 6.07) is 0. The summed E-state index contributed by atoms with van der Waals surface area (Å²) < 4.78 is 0. The third-order valence-electron chi connectivity index (χ3n) is 0. The molecule has 0 saturated carbocycles. The van der Waals surface area contributed by atoms with E-state index in [-0.39, 0.29) is 11.0 Å². The molecule has 0 rings (SSSR count). The van der Waals surface area contributed by atoms with Crippen LogP contribution in [0.5, 0.6) is 0 Å². The van der Waals surface area contributed by atoms with Gasteiger partial charge in [0.25, 0.3) is 0 Å². The van der Waals surface area contributed by atoms with Crippen molar-refractivity contribution in [2.24, 2.45) is 0 Å². The molecule has 0 radical (unpaired) electrons. The van der Waals surface area contributed by atoms with Gasteiger partial charge >= 0.3 is 0 Å². The van der Waals surface area contributed by atoms with Crippen molar-refractivity contribution in [3.8, 4) is 26.3 Å². The van der Waals surface area contributed by atoms with Crippen LogP contribution in [-0.2, 0) is 0 Å². The first-order chi connectivity index (χ1) is 4.00. The molecule has 0 unspecified atom stereocenters. The lowest BCUT2D eigenvalue weighted by molar-refractivity contribution is 1.58. The van der Waals surface area contributed by atoms with E-state index in [1.807, 2.05) is 0 Å². The van der Waals surface area contributed by atoms with Crippen molar-refractivity contribution in [1.82, 2.24) is 0 Å². The second-order valence-electron chi connectivity index (χ2n) is 0. The standard InChI is InChI=1S/4CHN.H4Si/c4*1-2;/h4*1H;1H4. The lowest BCUT2D eigenvalue weighted by atomic mass is 11.9. The highest BCUT2D eigenvalue weighted by Crippen LogP contribution is 0.592. The molecule has 0 aromatic rings. The van der Waals surface area contributed by atoms with Gasteiger partial charge in [-0.1, -0.05) is 0 Å². The van der Waals surface area contributed by atoms with Crippen LogP contribution in [-0.4, -0.2) is 11.0 Å². The molecule has 48 valence electrons. The van der Waals surface area contributed by atoms with Crippen molar-refractivity contribution in [2.75, 3.05) is 0 Å². The fourth-order valence-corrected chi connectivity index (χ4v) is 0. The van der Waals surface area contributed by atoms with E-state index in [1.54, 1.807) is 0 Å². The molecule has 0 saturated heterocycles. The van der Waals surface area contributed by atoms with Crippen LogP contribution >= 0.6 is 0 Å². The molecule has 0 N–H and O–H groups in total. The molecule has 9 heavy (non-hydrogen) atoms. The molecule has 0 atom stereocenters. The van der Waals surface area contributed by atoms with Gasteiger partial charge in [-0.05, 0) is 11.0 Å². The largest absolute Gasteiger partial charge is 0.202 e. The van der Waals surface area contributed by atoms with E-state index in [9.17, 15) is 0 Å². The summed E-state index contributed by atoms with van der Waals surface area (Å²) >= 11 is 0. The van der Waals surface area contributed by atoms with Crippen LogP contribution in [0, 0.1) is 47.3 Å². The minimum atomic E-state index is 0. The lowest BCUT2D eigenvalue weighted by Crippen LogP contribution is -0.569. The number of rotatable bonds is 0. The Labute approximate surface area is 59.2 Å². The quantitative estimate of drug-likeness (QED) is 0.408. The van der Waals surface area contributed by atoms with E-state index in [4.69, 9.17) is 21.0 Å². The van der Waals surface area contributed by atoms with Crippen LogP contribution in [0.3, 0.4) is 0 Å². The summed E-state index contributed by atoms with van der Waals surface area (Å²) in [6.45, 7) is 14.0. The predicted molar refractivity (Wildman–Crippen MR) is 38.0 cm³/mol. The minimum absolute atomic E-state index is 0. The molecule has 0 bridgehead atoms. The average Bonchev–Trinajstić information content (AvgIpc) is 2.03. The van der Waals surface area contributed by atoms with Gasteiger partial charge in [0.05, 0.1) is 0 Å². The van der Waals surface area contributed by atoms with E-state index in [2.05, 4.69) is 26.3 Å². The highest BCUT2D eigenvalue weighted by atomic mass is 28.1. The minimum Gasteiger partial charge on any atom is -0.202 e. The Balaban J connectivity index is -0.00000000762. The van der Waals surface area contributed by atoms with Gasteiger partial charge in [-0.15, -0.1) is 0 Å². The Morgan fingerprint density at radius 2 is 0.444 bits per heavy atom. The zero-order valence-corrected chi connectivity index (χ0v) is 4.10. The van der Waals surface area contributed by atoms with Crippen molar-refractivity contribution >= 4 is 11.0 Å². The first-order valence-electron chi connectivity index (χ1n) is 1.03. The lowest BCUT2D eigenvalue weighted by Gasteiger charge is -0.668. The fraction of sp³-hybridized carbons (Fsp3) is 0. The van der Waals surface area contributed by atoms with Crippen molar-refractivity contribution in [2.45, 2.75) is 0 Å². The zero-order valence-electron chi connectivity index (χ0n) is 4.10. The molecule has 5 heteroatoms. The summed E-state index contributed by atoms with van der Waals surface area (Å²) in [7, 11) is 0. The monoisotopic (exact) mass is 140 g/mol. The molecule has 0 fully saturated rings. The number of nitriles is 4. The van der Waals surface area contributed by atoms with Gasteiger partial charge in [0.2, 0.25) is 0 Å². The molecular weight excluding hydrogens is 132 g/mol. The van der Waals surface area contributed by atoms with E-state index in [0.29, 0.717) is 0 Å². The molecule has 0 aliphatic heterocycles. The molecular formula is C4H8N4Si. The van der Waals surface area contributed by atoms with E-state index < -0.39 is 0 Å². The third-order valence-corrected chi connectivity index (χ3v) is 0. The Bertz CT molecular complexity index is 55.5. The van der Waals surface area contributed by atoms with Gasteiger partial charge in [-0.3, -0.25) is 0 Å². The number of hydrogen-bond acceptors (Lipinski definition) is 4. The fourth-order valence-electron chi connectivity index (χ4n) is 0. The van der Waals surface area contributed by atoms with Crippen LogP contribution in [0.25, 0.3) is 0 Å². The topological polar surface area (TPSA) is 95.2 Å². The first-order valence-corrected chi connectivity index (χ1v) is 1.03. The summed E-state index contributed by atoms with van der Waals surface area (Å²) in [6.07, 6.45) is 0. The summed E-state index contributed by atoms with van der Waals surface area (Å²) in [5.74, 6) is 0. The number of hydrogen-bond donors (Lipinski definition) is 0. The maximum absolute atomic E-state index is 6.50. The summed E-state index contributed by atoms with van der Waals surface area (Å²) in [4.78, 5) is 0. The maximum Gasteiger partial charge on any atom is 0.0462 e.